The molecule has 0 aliphatic heterocycles. The largest absolute Gasteiger partial charge is 0.395 e. The highest BCUT2D eigenvalue weighted by molar-refractivity contribution is 7.90. The van der Waals surface area contributed by atoms with Crippen molar-refractivity contribution in [3.63, 3.8) is 0 Å². The summed E-state index contributed by atoms with van der Waals surface area (Å²) in [6.45, 7) is 11.1. The average Bonchev–Trinajstić information content (AvgIpc) is 1.95. The number of hydrogen-bond donors (Lipinski definition) is 2. The molecular formula is C11H25NO3S. The zero-order chi connectivity index (χ0) is 13.2. The van der Waals surface area contributed by atoms with E-state index in [0.29, 0.717) is 0 Å². The molecule has 0 rings (SSSR count). The van der Waals surface area contributed by atoms with Gasteiger partial charge in [0.25, 0.3) is 0 Å². The lowest BCUT2D eigenvalue weighted by Gasteiger charge is -2.33. The Bertz CT molecular complexity index is 315. The van der Waals surface area contributed by atoms with Crippen molar-refractivity contribution in [2.45, 2.75) is 58.8 Å². The molecule has 0 fully saturated rings. The molecule has 2 N–H and O–H groups in total. The van der Waals surface area contributed by atoms with Gasteiger partial charge in [0, 0.05) is 5.54 Å². The summed E-state index contributed by atoms with van der Waals surface area (Å²) in [4.78, 5) is 0. The van der Waals surface area contributed by atoms with Crippen LogP contribution in [0.3, 0.4) is 0 Å². The van der Waals surface area contributed by atoms with E-state index in [2.05, 4.69) is 25.5 Å². The highest BCUT2D eigenvalue weighted by atomic mass is 32.2. The van der Waals surface area contributed by atoms with Crippen LogP contribution in [-0.4, -0.2) is 30.9 Å². The van der Waals surface area contributed by atoms with Gasteiger partial charge in [-0.1, -0.05) is 20.8 Å². The molecule has 0 aromatic carbocycles. The number of rotatable bonds is 5. The van der Waals surface area contributed by atoms with E-state index in [1.807, 2.05) is 13.8 Å². The molecule has 0 amide bonds. The molecule has 4 nitrogen and oxygen atoms in total. The standard InChI is InChI=1S/C11H25NO3S/c1-9(7-13)16(14,15)12-11(5,6)8-10(2,3)4/h9,12-13H,7-8H2,1-6H3. The lowest BCUT2D eigenvalue weighted by molar-refractivity contribution is 0.264. The number of nitrogens with one attached hydrogen (secondary N) is 1. The molecule has 0 aromatic rings. The molecule has 0 spiro atoms. The molecule has 0 aromatic heterocycles. The molecule has 0 aliphatic carbocycles. The van der Waals surface area contributed by atoms with Crippen LogP contribution in [0.1, 0.15) is 48.0 Å². The molecule has 1 atom stereocenters. The Kier molecular flexibility index (Phi) is 4.98. The fraction of sp³-hybridized carbons (Fsp3) is 1.00. The van der Waals surface area contributed by atoms with Gasteiger partial charge in [0.2, 0.25) is 10.0 Å². The summed E-state index contributed by atoms with van der Waals surface area (Å²) in [5, 5.41) is 8.11. The SMILES string of the molecule is CC(CO)S(=O)(=O)NC(C)(C)CC(C)(C)C. The predicted octanol–water partition coefficient (Wildman–Crippen LogP) is 1.50. The predicted molar refractivity (Wildman–Crippen MR) is 66.8 cm³/mol. The van der Waals surface area contributed by atoms with Gasteiger partial charge in [-0.2, -0.15) is 0 Å². The van der Waals surface area contributed by atoms with E-state index in [0.717, 1.165) is 6.42 Å². The summed E-state index contributed by atoms with van der Waals surface area (Å²) in [6, 6.07) is 0. The third-order valence-electron chi connectivity index (χ3n) is 2.18. The van der Waals surface area contributed by atoms with Crippen LogP contribution in [0.15, 0.2) is 0 Å². The molecule has 5 heteroatoms. The lowest BCUT2D eigenvalue weighted by Crippen LogP contribution is -2.49. The average molecular weight is 251 g/mol. The lowest BCUT2D eigenvalue weighted by atomic mass is 9.82. The summed E-state index contributed by atoms with van der Waals surface area (Å²) in [5.74, 6) is 0. The summed E-state index contributed by atoms with van der Waals surface area (Å²) in [5.41, 5.74) is -0.449. The number of hydrogen-bond acceptors (Lipinski definition) is 3. The Morgan fingerprint density at radius 3 is 1.94 bits per heavy atom. The normalized spacial score (nSPS) is 16.2. The van der Waals surface area contributed by atoms with Gasteiger partial charge in [-0.3, -0.25) is 0 Å². The van der Waals surface area contributed by atoms with Gasteiger partial charge in [-0.25, -0.2) is 13.1 Å². The van der Waals surface area contributed by atoms with Crippen LogP contribution in [-0.2, 0) is 10.0 Å². The van der Waals surface area contributed by atoms with Crippen molar-refractivity contribution in [3.8, 4) is 0 Å². The smallest absolute Gasteiger partial charge is 0.216 e. The van der Waals surface area contributed by atoms with Crippen molar-refractivity contribution in [2.75, 3.05) is 6.61 Å². The second kappa shape index (κ2) is 5.02. The summed E-state index contributed by atoms with van der Waals surface area (Å²) >= 11 is 0. The zero-order valence-electron chi connectivity index (χ0n) is 11.2. The van der Waals surface area contributed by atoms with Crippen LogP contribution >= 0.6 is 0 Å². The summed E-state index contributed by atoms with van der Waals surface area (Å²) in [6.07, 6.45) is 0.734. The first-order valence-electron chi connectivity index (χ1n) is 5.53. The van der Waals surface area contributed by atoms with Gasteiger partial charge < -0.3 is 5.11 Å². The van der Waals surface area contributed by atoms with E-state index in [1.165, 1.54) is 6.92 Å². The van der Waals surface area contributed by atoms with Crippen molar-refractivity contribution >= 4 is 10.0 Å². The molecule has 0 radical (unpaired) electrons. The molecular weight excluding hydrogens is 226 g/mol. The fourth-order valence-electron chi connectivity index (χ4n) is 1.95. The highest BCUT2D eigenvalue weighted by Gasteiger charge is 2.32. The van der Waals surface area contributed by atoms with Gasteiger partial charge in [-0.05, 0) is 32.6 Å². The Morgan fingerprint density at radius 2 is 1.62 bits per heavy atom. The van der Waals surface area contributed by atoms with E-state index in [1.54, 1.807) is 0 Å². The van der Waals surface area contributed by atoms with Gasteiger partial charge >= 0.3 is 0 Å². The summed E-state index contributed by atoms with van der Waals surface area (Å²) < 4.78 is 26.2. The zero-order valence-corrected chi connectivity index (χ0v) is 12.0. The molecule has 0 saturated carbocycles. The minimum absolute atomic E-state index is 0.0501. The van der Waals surface area contributed by atoms with Gasteiger partial charge in [0.15, 0.2) is 0 Å². The van der Waals surface area contributed by atoms with E-state index >= 15 is 0 Å². The van der Waals surface area contributed by atoms with Crippen molar-refractivity contribution < 1.29 is 13.5 Å². The fourth-order valence-corrected chi connectivity index (χ4v) is 3.19. The maximum absolute atomic E-state index is 11.8. The first-order chi connectivity index (χ1) is 6.90. The second-order valence-corrected chi connectivity index (χ2v) is 8.36. The monoisotopic (exact) mass is 251 g/mol. The Labute approximate surface area is 99.5 Å². The van der Waals surface area contributed by atoms with Crippen LogP contribution in [0.25, 0.3) is 0 Å². The van der Waals surface area contributed by atoms with Crippen LogP contribution < -0.4 is 4.72 Å². The minimum atomic E-state index is -3.44. The number of aliphatic hydroxyl groups excluding tert-OH is 1. The van der Waals surface area contributed by atoms with Crippen LogP contribution in [0.4, 0.5) is 0 Å². The summed E-state index contributed by atoms with van der Waals surface area (Å²) in [7, 11) is -3.44. The van der Waals surface area contributed by atoms with Gasteiger partial charge in [0.05, 0.1) is 11.9 Å². The van der Waals surface area contributed by atoms with Gasteiger partial charge in [-0.15, -0.1) is 0 Å². The van der Waals surface area contributed by atoms with Crippen LogP contribution in [0.5, 0.6) is 0 Å². The molecule has 0 aliphatic rings. The number of aliphatic hydroxyl groups is 1. The van der Waals surface area contributed by atoms with Gasteiger partial charge in [0.1, 0.15) is 0 Å². The van der Waals surface area contributed by atoms with E-state index in [-0.39, 0.29) is 12.0 Å². The van der Waals surface area contributed by atoms with Crippen molar-refractivity contribution in [1.29, 1.82) is 0 Å². The van der Waals surface area contributed by atoms with E-state index in [4.69, 9.17) is 5.11 Å². The first kappa shape index (κ1) is 15.9. The molecule has 0 heterocycles. The van der Waals surface area contributed by atoms with E-state index in [9.17, 15) is 8.42 Å². The first-order valence-corrected chi connectivity index (χ1v) is 7.08. The topological polar surface area (TPSA) is 66.4 Å². The maximum atomic E-state index is 11.8. The third-order valence-corrected chi connectivity index (χ3v) is 4.22. The van der Waals surface area contributed by atoms with Crippen molar-refractivity contribution in [2.24, 2.45) is 5.41 Å². The van der Waals surface area contributed by atoms with E-state index < -0.39 is 20.8 Å². The Hall–Kier alpha value is -0.130. The highest BCUT2D eigenvalue weighted by Crippen LogP contribution is 2.27. The molecule has 0 saturated heterocycles. The Balaban J connectivity index is 4.72. The molecule has 0 bridgehead atoms. The van der Waals surface area contributed by atoms with Crippen LogP contribution in [0, 0.1) is 5.41 Å². The minimum Gasteiger partial charge on any atom is -0.395 e. The van der Waals surface area contributed by atoms with Crippen molar-refractivity contribution in [1.82, 2.24) is 4.72 Å². The Morgan fingerprint density at radius 1 is 1.19 bits per heavy atom. The number of sulfonamides is 1. The third kappa shape index (κ3) is 5.82. The second-order valence-electron chi connectivity index (χ2n) is 6.26. The molecule has 1 unspecified atom stereocenters. The molecule has 16 heavy (non-hydrogen) atoms. The molecule has 98 valence electrons. The maximum Gasteiger partial charge on any atom is 0.216 e. The quantitative estimate of drug-likeness (QED) is 0.778. The van der Waals surface area contributed by atoms with Crippen LogP contribution in [0.2, 0.25) is 0 Å². The van der Waals surface area contributed by atoms with Crippen molar-refractivity contribution in [3.05, 3.63) is 0 Å².